The number of esters is 4. The fraction of sp³-hybridized carbons (Fsp3) is 0.585. The Balaban J connectivity index is 1.58. The molecule has 19 heteroatoms. The van der Waals surface area contributed by atoms with Gasteiger partial charge in [0, 0.05) is 45.7 Å². The van der Waals surface area contributed by atoms with Crippen molar-refractivity contribution in [3.8, 4) is 5.75 Å². The number of carbonyl (C=O) groups is 7. The number of alkyl carbamates (subject to hydrolysis) is 1. The first-order valence-electron chi connectivity index (χ1n) is 29.0. The Hall–Kier alpha value is -6.83. The van der Waals surface area contributed by atoms with Gasteiger partial charge in [-0.05, 0) is 117 Å². The molecule has 1 aromatic rings. The van der Waals surface area contributed by atoms with E-state index in [-0.39, 0.29) is 41.9 Å². The van der Waals surface area contributed by atoms with Crippen molar-refractivity contribution in [1.29, 1.82) is 0 Å². The third-order valence-electron chi connectivity index (χ3n) is 16.0. The summed E-state index contributed by atoms with van der Waals surface area (Å²) in [7, 11) is 4.13. The van der Waals surface area contributed by atoms with E-state index in [0.29, 0.717) is 24.8 Å². The van der Waals surface area contributed by atoms with Gasteiger partial charge >= 0.3 is 36.1 Å². The van der Waals surface area contributed by atoms with E-state index in [1.807, 2.05) is 12.2 Å². The molecule has 2 unspecified atom stereocenters. The number of fused-ring (bicyclic) bond motifs is 5. The number of allylic oxidation sites excluding steroid dienone is 11. The number of hydrogen-bond acceptors (Lipinski definition) is 17. The summed E-state index contributed by atoms with van der Waals surface area (Å²) in [4.78, 5) is 102. The van der Waals surface area contributed by atoms with Crippen LogP contribution in [0.2, 0.25) is 0 Å². The molecule has 1 saturated heterocycles. The second-order valence-corrected chi connectivity index (χ2v) is 24.1. The Morgan fingerprint density at radius 1 is 0.869 bits per heavy atom. The van der Waals surface area contributed by atoms with E-state index in [1.54, 1.807) is 60.6 Å². The lowest BCUT2D eigenvalue weighted by molar-refractivity contribution is -0.345. The van der Waals surface area contributed by atoms with Crippen LogP contribution in [-0.2, 0) is 52.3 Å². The molecule has 0 aromatic heterocycles. The number of amides is 2. The zero-order chi connectivity index (χ0) is 62.4. The SMILES string of the molecule is CC/C=C\C/C=C\C/C=C\C/C=C\C/C=C\CCCC(=O)O[C@@H](C(=O)O[C@H]1C[C@@]2(O)C(OC(=O)c3ccccc3OC)C3[C@](C)(C(=O)[C@H](OC(=O)N(C)C)C(=C1C)C2(C)C)[C@@H](O)C[C@H]1OC[C@@]31OC(C)=O)[C@H](C=C(C)C)NC(=O)OC(C)(C)C. The van der Waals surface area contributed by atoms with Gasteiger partial charge in [0.15, 0.2) is 17.5 Å². The molecule has 1 heterocycles. The minimum absolute atomic E-state index is 0.0655. The Bertz CT molecular complexity index is 2760. The number of ether oxygens (including phenoxy) is 8. The summed E-state index contributed by atoms with van der Waals surface area (Å²) < 4.78 is 48.4. The summed E-state index contributed by atoms with van der Waals surface area (Å²) >= 11 is 0. The summed E-state index contributed by atoms with van der Waals surface area (Å²) in [5.41, 5.74) is -8.76. The zero-order valence-corrected chi connectivity index (χ0v) is 51.5. The molecule has 5 rings (SSSR count). The summed E-state index contributed by atoms with van der Waals surface area (Å²) in [6, 6.07) is 4.72. The predicted octanol–water partition coefficient (Wildman–Crippen LogP) is 10.0. The fourth-order valence-electron chi connectivity index (χ4n) is 11.7. The molecule has 462 valence electrons. The lowest BCUT2D eigenvalue weighted by Crippen LogP contribution is -2.82. The summed E-state index contributed by atoms with van der Waals surface area (Å²) in [6.07, 6.45) is 14.4. The van der Waals surface area contributed by atoms with Crippen LogP contribution in [0.5, 0.6) is 5.75 Å². The average molecular weight is 1170 g/mol. The molecule has 1 aromatic carbocycles. The van der Waals surface area contributed by atoms with E-state index in [9.17, 15) is 34.2 Å². The van der Waals surface area contributed by atoms with Crippen molar-refractivity contribution in [1.82, 2.24) is 10.2 Å². The number of hydrogen-bond donors (Lipinski definition) is 3. The van der Waals surface area contributed by atoms with Crippen molar-refractivity contribution in [2.24, 2.45) is 16.7 Å². The molecule has 0 spiro atoms. The van der Waals surface area contributed by atoms with E-state index in [2.05, 4.69) is 60.8 Å². The highest BCUT2D eigenvalue weighted by molar-refractivity contribution is 5.96. The molecule has 2 saturated carbocycles. The van der Waals surface area contributed by atoms with Gasteiger partial charge in [0.25, 0.3) is 0 Å². The fourth-order valence-corrected chi connectivity index (χ4v) is 11.7. The molecule has 4 aliphatic rings. The second kappa shape index (κ2) is 29.3. The van der Waals surface area contributed by atoms with Crippen LogP contribution in [0.25, 0.3) is 0 Å². The summed E-state index contributed by atoms with van der Waals surface area (Å²) in [6.45, 7) is 17.2. The maximum atomic E-state index is 16.0. The first-order chi connectivity index (χ1) is 39.5. The Kier molecular flexibility index (Phi) is 23.7. The van der Waals surface area contributed by atoms with Gasteiger partial charge in [-0.2, -0.15) is 0 Å². The van der Waals surface area contributed by atoms with Crippen LogP contribution in [0, 0.1) is 16.7 Å². The molecule has 84 heavy (non-hydrogen) atoms. The smallest absolute Gasteiger partial charge is 0.410 e. The lowest BCUT2D eigenvalue weighted by Gasteiger charge is -2.67. The number of nitrogens with one attached hydrogen (secondary N) is 1. The molecule has 11 atom stereocenters. The molecule has 2 bridgehead atoms. The number of methoxy groups -OCH3 is 1. The van der Waals surface area contributed by atoms with Crippen molar-refractivity contribution < 1.29 is 81.7 Å². The van der Waals surface area contributed by atoms with E-state index in [1.165, 1.54) is 53.3 Å². The second-order valence-electron chi connectivity index (χ2n) is 24.1. The number of aliphatic hydroxyl groups is 2. The maximum absolute atomic E-state index is 16.0. The Labute approximate surface area is 495 Å². The van der Waals surface area contributed by atoms with Gasteiger partial charge in [0.2, 0.25) is 6.10 Å². The summed E-state index contributed by atoms with van der Waals surface area (Å²) in [5.74, 6) is -6.37. The largest absolute Gasteiger partial charge is 0.496 e. The van der Waals surface area contributed by atoms with Crippen LogP contribution in [0.3, 0.4) is 0 Å². The molecule has 2 amide bonds. The van der Waals surface area contributed by atoms with Crippen LogP contribution in [0.15, 0.2) is 108 Å². The number of ketones is 1. The number of para-hydroxylation sites is 1. The van der Waals surface area contributed by atoms with Gasteiger partial charge in [-0.15, -0.1) is 0 Å². The van der Waals surface area contributed by atoms with Crippen LogP contribution in [0.1, 0.15) is 151 Å². The Morgan fingerprint density at radius 2 is 1.46 bits per heavy atom. The van der Waals surface area contributed by atoms with Crippen molar-refractivity contribution >= 4 is 41.8 Å². The van der Waals surface area contributed by atoms with E-state index in [4.69, 9.17) is 37.9 Å². The van der Waals surface area contributed by atoms with Crippen molar-refractivity contribution in [3.05, 3.63) is 113 Å². The molecular weight excluding hydrogens is 1080 g/mol. The molecule has 3 fully saturated rings. The van der Waals surface area contributed by atoms with Crippen LogP contribution in [0.4, 0.5) is 9.59 Å². The number of carbonyl (C=O) groups excluding carboxylic acids is 7. The highest BCUT2D eigenvalue weighted by Crippen LogP contribution is 2.64. The molecule has 3 N–H and O–H groups in total. The van der Waals surface area contributed by atoms with E-state index >= 15 is 9.59 Å². The van der Waals surface area contributed by atoms with E-state index in [0.717, 1.165) is 37.5 Å². The highest BCUT2D eigenvalue weighted by Gasteiger charge is 2.78. The van der Waals surface area contributed by atoms with Crippen LogP contribution >= 0.6 is 0 Å². The minimum atomic E-state index is -2.52. The first-order valence-corrected chi connectivity index (χ1v) is 29.0. The van der Waals surface area contributed by atoms with Crippen LogP contribution < -0.4 is 10.1 Å². The van der Waals surface area contributed by atoms with Crippen molar-refractivity contribution in [3.63, 3.8) is 0 Å². The molecule has 19 nitrogen and oxygen atoms in total. The first kappa shape index (κ1) is 68.0. The van der Waals surface area contributed by atoms with Crippen LogP contribution in [-0.4, -0.2) is 144 Å². The summed E-state index contributed by atoms with van der Waals surface area (Å²) in [5, 5.41) is 29.2. The molecule has 0 radical (unpaired) electrons. The van der Waals surface area contributed by atoms with Gasteiger partial charge in [0.05, 0.1) is 37.2 Å². The van der Waals surface area contributed by atoms with E-state index < -0.39 is 124 Å². The average Bonchev–Trinajstić information content (AvgIpc) is 0.680. The van der Waals surface area contributed by atoms with Crippen molar-refractivity contribution in [2.75, 3.05) is 27.8 Å². The van der Waals surface area contributed by atoms with Crippen molar-refractivity contribution in [2.45, 2.75) is 200 Å². The van der Waals surface area contributed by atoms with Gasteiger partial charge in [0.1, 0.15) is 40.8 Å². The third kappa shape index (κ3) is 15.9. The predicted molar refractivity (Wildman–Crippen MR) is 314 cm³/mol. The monoisotopic (exact) mass is 1170 g/mol. The maximum Gasteiger partial charge on any atom is 0.410 e. The normalized spacial score (nSPS) is 27.2. The zero-order valence-electron chi connectivity index (χ0n) is 51.5. The molecular formula is C65H90N2O17. The number of rotatable bonds is 24. The minimum Gasteiger partial charge on any atom is -0.496 e. The van der Waals surface area contributed by atoms with Gasteiger partial charge < -0.3 is 58.3 Å². The number of benzene rings is 1. The molecule has 1 aliphatic heterocycles. The standard InChI is InChI=1S/C65H90N2O17/c1-15-16-17-18-19-20-21-22-23-24-25-26-27-28-29-30-31-36-50(70)80-52(45(37-41(2)3)66-59(74)84-61(6,7)8)58(73)79-47-39-65(76)56(82-57(72)44-34-32-33-35-46(44)77-14)54-63(11,48(69)38-49-64(54,40-78-49)83-43(5)68)55(71)53(81-60(75)67(12)13)51(42(47)4)62(65,9)10/h16-17,19-20,22-23,25-26,28-29,32-35,37,45,47-49,52-54,56,69,76H,15,18,21,24,27,30-31,36,38-40H2,1-14H3,(H,66,74)/b17-16-,20-19-,23-22-,26-25-,29-28-/t45-,47-,48-,49+,52+,53+,54?,56?,63+,64-,65+/m0/s1. The number of unbranched alkanes of at least 4 members (excludes halogenated alkanes) is 1. The van der Waals surface area contributed by atoms with Gasteiger partial charge in [-0.3, -0.25) is 14.4 Å². The third-order valence-corrected chi connectivity index (χ3v) is 16.0. The van der Waals surface area contributed by atoms with Gasteiger partial charge in [-0.25, -0.2) is 19.2 Å². The Morgan fingerprint density at radius 3 is 2.00 bits per heavy atom. The number of Topliss-reactive ketones (excluding diaryl/α,β-unsaturated/α-hetero) is 1. The quantitative estimate of drug-likeness (QED) is 0.0377. The molecule has 3 aliphatic carbocycles. The number of nitrogens with zero attached hydrogens (tertiary/aromatic N) is 1. The topological polar surface area (TPSA) is 249 Å². The lowest BCUT2D eigenvalue weighted by atomic mass is 9.44. The number of aliphatic hydroxyl groups excluding tert-OH is 1. The van der Waals surface area contributed by atoms with Gasteiger partial charge in [-0.1, -0.05) is 105 Å². The highest BCUT2D eigenvalue weighted by atomic mass is 16.6.